The summed E-state index contributed by atoms with van der Waals surface area (Å²) < 4.78 is 15.0. The molecule has 0 fully saturated rings. The largest absolute Gasteiger partial charge is 0.476 e. The van der Waals surface area contributed by atoms with E-state index in [9.17, 15) is 9.18 Å². The van der Waals surface area contributed by atoms with Gasteiger partial charge < -0.3 is 5.11 Å². The molecular formula is C11H9ClFN3O2. The van der Waals surface area contributed by atoms with Crippen molar-refractivity contribution in [2.45, 2.75) is 13.5 Å². The highest BCUT2D eigenvalue weighted by Crippen LogP contribution is 2.19. The summed E-state index contributed by atoms with van der Waals surface area (Å²) in [5, 5.41) is 16.1. The van der Waals surface area contributed by atoms with Crippen molar-refractivity contribution in [1.82, 2.24) is 15.0 Å². The molecule has 0 atom stereocenters. The van der Waals surface area contributed by atoms with Crippen molar-refractivity contribution in [3.63, 3.8) is 0 Å². The van der Waals surface area contributed by atoms with Gasteiger partial charge in [-0.3, -0.25) is 0 Å². The average molecular weight is 270 g/mol. The van der Waals surface area contributed by atoms with Gasteiger partial charge in [0.1, 0.15) is 5.82 Å². The summed E-state index contributed by atoms with van der Waals surface area (Å²) in [7, 11) is 0. The lowest BCUT2D eigenvalue weighted by molar-refractivity contribution is 0.0689. The summed E-state index contributed by atoms with van der Waals surface area (Å²) in [5.74, 6) is -1.70. The maximum absolute atomic E-state index is 13.7. The monoisotopic (exact) mass is 269 g/mol. The quantitative estimate of drug-likeness (QED) is 0.927. The predicted octanol–water partition coefficient (Wildman–Crippen LogP) is 2.13. The zero-order chi connectivity index (χ0) is 13.3. The SMILES string of the molecule is Cc1c(C(=O)O)nnn1Cc1cccc(Cl)c1F. The van der Waals surface area contributed by atoms with Crippen LogP contribution in [0.4, 0.5) is 4.39 Å². The number of aromatic nitrogens is 3. The van der Waals surface area contributed by atoms with E-state index in [1.165, 1.54) is 10.7 Å². The van der Waals surface area contributed by atoms with Gasteiger partial charge in [0.2, 0.25) is 0 Å². The Hall–Kier alpha value is -1.95. The molecule has 2 aromatic rings. The van der Waals surface area contributed by atoms with Crippen LogP contribution in [0.5, 0.6) is 0 Å². The van der Waals surface area contributed by atoms with Crippen molar-refractivity contribution < 1.29 is 14.3 Å². The molecule has 94 valence electrons. The van der Waals surface area contributed by atoms with Crippen molar-refractivity contribution in [2.75, 3.05) is 0 Å². The van der Waals surface area contributed by atoms with Crippen LogP contribution in [0, 0.1) is 12.7 Å². The fourth-order valence-corrected chi connectivity index (χ4v) is 1.73. The van der Waals surface area contributed by atoms with E-state index in [1.54, 1.807) is 19.1 Å². The Morgan fingerprint density at radius 2 is 2.28 bits per heavy atom. The molecule has 0 aliphatic rings. The van der Waals surface area contributed by atoms with Gasteiger partial charge in [0, 0.05) is 5.56 Å². The summed E-state index contributed by atoms with van der Waals surface area (Å²) in [5.41, 5.74) is 0.548. The molecule has 0 bridgehead atoms. The Labute approximate surface area is 107 Å². The maximum atomic E-state index is 13.7. The minimum atomic E-state index is -1.16. The Kier molecular flexibility index (Phi) is 3.29. The molecule has 1 N–H and O–H groups in total. The number of halogens is 2. The highest BCUT2D eigenvalue weighted by atomic mass is 35.5. The van der Waals surface area contributed by atoms with Crippen LogP contribution >= 0.6 is 11.6 Å². The van der Waals surface area contributed by atoms with E-state index in [2.05, 4.69) is 10.3 Å². The summed E-state index contributed by atoms with van der Waals surface area (Å²) in [6.07, 6.45) is 0. The third kappa shape index (κ3) is 2.19. The van der Waals surface area contributed by atoms with Crippen LogP contribution in [0.15, 0.2) is 18.2 Å². The van der Waals surface area contributed by atoms with E-state index in [0.717, 1.165) is 0 Å². The minimum Gasteiger partial charge on any atom is -0.476 e. The Balaban J connectivity index is 2.35. The van der Waals surface area contributed by atoms with Crippen molar-refractivity contribution in [2.24, 2.45) is 0 Å². The number of hydrogen-bond acceptors (Lipinski definition) is 3. The van der Waals surface area contributed by atoms with Crippen LogP contribution in [0.1, 0.15) is 21.7 Å². The van der Waals surface area contributed by atoms with Crippen LogP contribution in [0.3, 0.4) is 0 Å². The summed E-state index contributed by atoms with van der Waals surface area (Å²) in [4.78, 5) is 10.8. The fourth-order valence-electron chi connectivity index (χ4n) is 1.54. The lowest BCUT2D eigenvalue weighted by Crippen LogP contribution is -2.07. The third-order valence-electron chi connectivity index (χ3n) is 2.54. The first kappa shape index (κ1) is 12.5. The molecule has 0 radical (unpaired) electrons. The summed E-state index contributed by atoms with van der Waals surface area (Å²) in [6, 6.07) is 4.62. The van der Waals surface area contributed by atoms with Crippen LogP contribution < -0.4 is 0 Å². The topological polar surface area (TPSA) is 68.0 Å². The highest BCUT2D eigenvalue weighted by molar-refractivity contribution is 6.30. The molecule has 0 saturated heterocycles. The number of rotatable bonds is 3. The van der Waals surface area contributed by atoms with E-state index >= 15 is 0 Å². The van der Waals surface area contributed by atoms with Crippen molar-refractivity contribution >= 4 is 17.6 Å². The molecule has 0 amide bonds. The van der Waals surface area contributed by atoms with E-state index in [-0.39, 0.29) is 17.3 Å². The first-order valence-corrected chi connectivity index (χ1v) is 5.44. The number of nitrogens with zero attached hydrogens (tertiary/aromatic N) is 3. The number of carbonyl (C=O) groups is 1. The second-order valence-corrected chi connectivity index (χ2v) is 4.11. The molecule has 1 aromatic carbocycles. The van der Waals surface area contributed by atoms with Crippen LogP contribution in [-0.4, -0.2) is 26.1 Å². The first-order valence-electron chi connectivity index (χ1n) is 5.07. The molecular weight excluding hydrogens is 261 g/mol. The molecule has 0 saturated carbocycles. The van der Waals surface area contributed by atoms with E-state index in [1.807, 2.05) is 0 Å². The Bertz CT molecular complexity index is 612. The smallest absolute Gasteiger partial charge is 0.358 e. The number of carboxylic acids is 1. The number of aromatic carboxylic acids is 1. The molecule has 0 unspecified atom stereocenters. The normalized spacial score (nSPS) is 10.6. The van der Waals surface area contributed by atoms with E-state index in [4.69, 9.17) is 16.7 Å². The Morgan fingerprint density at radius 1 is 1.56 bits per heavy atom. The second-order valence-electron chi connectivity index (χ2n) is 3.70. The molecule has 1 aromatic heterocycles. The summed E-state index contributed by atoms with van der Waals surface area (Å²) in [6.45, 7) is 1.64. The molecule has 2 rings (SSSR count). The lowest BCUT2D eigenvalue weighted by atomic mass is 10.2. The van der Waals surface area contributed by atoms with Crippen molar-refractivity contribution in [3.8, 4) is 0 Å². The van der Waals surface area contributed by atoms with Crippen LogP contribution in [0.25, 0.3) is 0 Å². The molecule has 18 heavy (non-hydrogen) atoms. The van der Waals surface area contributed by atoms with Gasteiger partial charge in [-0.05, 0) is 13.0 Å². The number of carboxylic acid groups (broad SMARTS) is 1. The van der Waals surface area contributed by atoms with Gasteiger partial charge in [0.25, 0.3) is 0 Å². The third-order valence-corrected chi connectivity index (χ3v) is 2.83. The van der Waals surface area contributed by atoms with Crippen LogP contribution in [0.2, 0.25) is 5.02 Å². The maximum Gasteiger partial charge on any atom is 0.358 e. The van der Waals surface area contributed by atoms with E-state index < -0.39 is 11.8 Å². The standard InChI is InChI=1S/C11H9ClFN3O2/c1-6-10(11(17)18)14-15-16(6)5-7-3-2-4-8(12)9(7)13/h2-4H,5H2,1H3,(H,17,18). The fraction of sp³-hybridized carbons (Fsp3) is 0.182. The lowest BCUT2D eigenvalue weighted by Gasteiger charge is -2.05. The van der Waals surface area contributed by atoms with Crippen LogP contribution in [-0.2, 0) is 6.54 Å². The molecule has 0 aliphatic carbocycles. The summed E-state index contributed by atoms with van der Waals surface area (Å²) >= 11 is 5.66. The Morgan fingerprint density at radius 3 is 2.89 bits per heavy atom. The highest BCUT2D eigenvalue weighted by Gasteiger charge is 2.16. The van der Waals surface area contributed by atoms with Gasteiger partial charge in [-0.2, -0.15) is 0 Å². The van der Waals surface area contributed by atoms with E-state index in [0.29, 0.717) is 11.3 Å². The number of hydrogen-bond donors (Lipinski definition) is 1. The molecule has 7 heteroatoms. The molecule has 0 spiro atoms. The van der Waals surface area contributed by atoms with Gasteiger partial charge >= 0.3 is 5.97 Å². The van der Waals surface area contributed by atoms with Gasteiger partial charge in [0.05, 0.1) is 17.3 Å². The molecule has 5 nitrogen and oxygen atoms in total. The van der Waals surface area contributed by atoms with Gasteiger partial charge in [-0.1, -0.05) is 28.9 Å². The minimum absolute atomic E-state index is 0.0173. The average Bonchev–Trinajstić information content (AvgIpc) is 2.67. The zero-order valence-corrected chi connectivity index (χ0v) is 10.1. The zero-order valence-electron chi connectivity index (χ0n) is 9.39. The van der Waals surface area contributed by atoms with Crippen molar-refractivity contribution in [1.29, 1.82) is 0 Å². The number of benzene rings is 1. The molecule has 1 heterocycles. The second kappa shape index (κ2) is 4.73. The van der Waals surface area contributed by atoms with Gasteiger partial charge in [0.15, 0.2) is 5.69 Å². The van der Waals surface area contributed by atoms with Gasteiger partial charge in [-0.15, -0.1) is 5.10 Å². The molecule has 0 aliphatic heterocycles. The van der Waals surface area contributed by atoms with Crippen molar-refractivity contribution in [3.05, 3.63) is 46.0 Å². The predicted molar refractivity (Wildman–Crippen MR) is 62.2 cm³/mol. The first-order chi connectivity index (χ1) is 8.50. The van der Waals surface area contributed by atoms with Gasteiger partial charge in [-0.25, -0.2) is 13.9 Å².